The fourth-order valence-corrected chi connectivity index (χ4v) is 5.07. The molecule has 0 aliphatic carbocycles. The number of para-hydroxylation sites is 1. The summed E-state index contributed by atoms with van der Waals surface area (Å²) in [6.45, 7) is 1.39. The molecule has 4 aromatic rings. The lowest BCUT2D eigenvalue weighted by Crippen LogP contribution is -2.38. The molecule has 3 aromatic carbocycles. The second kappa shape index (κ2) is 9.03. The average molecular weight is 500 g/mol. The van der Waals surface area contributed by atoms with Crippen LogP contribution in [0.25, 0.3) is 10.9 Å². The Bertz CT molecular complexity index is 1510. The smallest absolute Gasteiger partial charge is 0.342 e. The molecule has 1 heterocycles. The highest BCUT2D eigenvalue weighted by atomic mass is 32.2. The van der Waals surface area contributed by atoms with Gasteiger partial charge >= 0.3 is 12.1 Å². The minimum absolute atomic E-state index is 0.0685. The van der Waals surface area contributed by atoms with Crippen LogP contribution >= 0.6 is 0 Å². The van der Waals surface area contributed by atoms with Crippen molar-refractivity contribution in [1.29, 1.82) is 0 Å². The van der Waals surface area contributed by atoms with Crippen molar-refractivity contribution < 1.29 is 31.2 Å². The Labute approximate surface area is 199 Å². The Morgan fingerprint density at radius 3 is 2.11 bits per heavy atom. The summed E-state index contributed by atoms with van der Waals surface area (Å²) >= 11 is 0. The lowest BCUT2D eigenvalue weighted by Gasteiger charge is -2.15. The van der Waals surface area contributed by atoms with Gasteiger partial charge in [-0.3, -0.25) is 9.59 Å². The van der Waals surface area contributed by atoms with E-state index in [2.05, 4.69) is 0 Å². The summed E-state index contributed by atoms with van der Waals surface area (Å²) in [6.07, 6.45) is -3.73. The first-order valence-electron chi connectivity index (χ1n) is 10.4. The number of amides is 1. The van der Waals surface area contributed by atoms with Gasteiger partial charge in [-0.15, -0.1) is 0 Å². The van der Waals surface area contributed by atoms with Crippen molar-refractivity contribution in [2.45, 2.75) is 24.0 Å². The number of alkyl halides is 3. The maximum Gasteiger partial charge on any atom is 0.471 e. The molecule has 0 spiro atoms. The fourth-order valence-electron chi connectivity index (χ4n) is 3.68. The fraction of sp³-hybridized carbons (Fsp3) is 0.120. The molecule has 0 saturated carbocycles. The van der Waals surface area contributed by atoms with Gasteiger partial charge in [0.2, 0.25) is 0 Å². The molecule has 180 valence electrons. The predicted molar refractivity (Wildman–Crippen MR) is 123 cm³/mol. The van der Waals surface area contributed by atoms with Crippen LogP contribution in [0.4, 0.5) is 13.2 Å². The van der Waals surface area contributed by atoms with Crippen LogP contribution in [0.1, 0.15) is 34.5 Å². The van der Waals surface area contributed by atoms with Gasteiger partial charge in [0.05, 0.1) is 16.5 Å². The van der Waals surface area contributed by atoms with Gasteiger partial charge in [0.15, 0.2) is 5.78 Å². The molecule has 1 N–H and O–H groups in total. The van der Waals surface area contributed by atoms with Crippen LogP contribution in [0.3, 0.4) is 0 Å². The third-order valence-corrected chi connectivity index (χ3v) is 7.19. The third kappa shape index (κ3) is 4.69. The molecule has 0 saturated heterocycles. The molecule has 1 aromatic heterocycles. The van der Waals surface area contributed by atoms with Crippen LogP contribution in [0.5, 0.6) is 0 Å². The van der Waals surface area contributed by atoms with Crippen molar-refractivity contribution in [3.8, 4) is 0 Å². The maximum atomic E-state index is 13.3. The average Bonchev–Trinajstić information content (AvgIpc) is 3.24. The van der Waals surface area contributed by atoms with Crippen LogP contribution in [0.2, 0.25) is 0 Å². The summed E-state index contributed by atoms with van der Waals surface area (Å²) < 4.78 is 65.0. The first-order chi connectivity index (χ1) is 16.5. The van der Waals surface area contributed by atoms with Gasteiger partial charge in [-0.1, -0.05) is 60.7 Å². The molecule has 35 heavy (non-hydrogen) atoms. The Balaban J connectivity index is 1.68. The number of nitrogens with one attached hydrogen (secondary N) is 1. The zero-order chi connectivity index (χ0) is 25.4. The quantitative estimate of drug-likeness (QED) is 0.384. The Kier molecular flexibility index (Phi) is 6.25. The van der Waals surface area contributed by atoms with Crippen LogP contribution in [-0.4, -0.2) is 30.3 Å². The number of hydrogen-bond donors (Lipinski definition) is 1. The molecule has 1 atom stereocenters. The maximum absolute atomic E-state index is 13.3. The van der Waals surface area contributed by atoms with Crippen molar-refractivity contribution in [2.75, 3.05) is 0 Å². The largest absolute Gasteiger partial charge is 0.471 e. The number of carbonyl (C=O) groups is 2. The molecule has 10 heteroatoms. The number of halogens is 3. The molecule has 0 radical (unpaired) electrons. The standard InChI is InChI=1S/C25H19F3N2O4S/c1-16(29-24(32)25(26,27)28)17-11-13-18(14-12-17)23(31)21-15-30(22-10-6-5-9-20(21)22)35(33,34)19-7-3-2-4-8-19/h2-16H,1H3,(H,29,32)/t16-/m0/s1. The summed E-state index contributed by atoms with van der Waals surface area (Å²) in [6, 6.07) is 19.2. The van der Waals surface area contributed by atoms with E-state index in [9.17, 15) is 31.2 Å². The molecule has 0 aliphatic heterocycles. The zero-order valence-corrected chi connectivity index (χ0v) is 19.1. The van der Waals surface area contributed by atoms with Crippen molar-refractivity contribution in [2.24, 2.45) is 0 Å². The van der Waals surface area contributed by atoms with Gasteiger partial charge in [0.1, 0.15) is 0 Å². The lowest BCUT2D eigenvalue weighted by molar-refractivity contribution is -0.174. The highest BCUT2D eigenvalue weighted by Gasteiger charge is 2.39. The topological polar surface area (TPSA) is 85.2 Å². The van der Waals surface area contributed by atoms with Gasteiger partial charge in [-0.25, -0.2) is 12.4 Å². The summed E-state index contributed by atoms with van der Waals surface area (Å²) in [7, 11) is -3.97. The highest BCUT2D eigenvalue weighted by Crippen LogP contribution is 2.28. The normalized spacial score (nSPS) is 12.9. The van der Waals surface area contributed by atoms with Crippen molar-refractivity contribution in [1.82, 2.24) is 9.29 Å². The monoisotopic (exact) mass is 500 g/mol. The van der Waals surface area contributed by atoms with Crippen molar-refractivity contribution in [3.05, 3.63) is 102 Å². The number of benzene rings is 3. The molecule has 4 rings (SSSR count). The number of fused-ring (bicyclic) bond motifs is 1. The summed E-state index contributed by atoms with van der Waals surface area (Å²) in [5.74, 6) is -2.51. The summed E-state index contributed by atoms with van der Waals surface area (Å²) in [5.41, 5.74) is 1.07. The summed E-state index contributed by atoms with van der Waals surface area (Å²) in [4.78, 5) is 24.5. The number of aromatic nitrogens is 1. The minimum atomic E-state index is -5.00. The van der Waals surface area contributed by atoms with E-state index in [1.807, 2.05) is 5.32 Å². The molecule has 0 fully saturated rings. The first-order valence-corrected chi connectivity index (χ1v) is 11.9. The van der Waals surface area contributed by atoms with E-state index in [0.717, 1.165) is 3.97 Å². The molecule has 0 aliphatic rings. The number of hydrogen-bond acceptors (Lipinski definition) is 4. The van der Waals surface area contributed by atoms with Gasteiger partial charge < -0.3 is 5.32 Å². The van der Waals surface area contributed by atoms with E-state index in [1.165, 1.54) is 49.5 Å². The zero-order valence-electron chi connectivity index (χ0n) is 18.3. The number of nitrogens with zero attached hydrogens (tertiary/aromatic N) is 1. The van der Waals surface area contributed by atoms with E-state index in [4.69, 9.17) is 0 Å². The van der Waals surface area contributed by atoms with Crippen LogP contribution in [0, 0.1) is 0 Å². The number of ketones is 1. The van der Waals surface area contributed by atoms with Crippen LogP contribution in [-0.2, 0) is 14.8 Å². The number of rotatable bonds is 6. The second-order valence-electron chi connectivity index (χ2n) is 7.82. The second-order valence-corrected chi connectivity index (χ2v) is 9.63. The third-order valence-electron chi connectivity index (χ3n) is 5.50. The van der Waals surface area contributed by atoms with E-state index >= 15 is 0 Å². The van der Waals surface area contributed by atoms with Gasteiger partial charge in [-0.05, 0) is 30.7 Å². The number of carbonyl (C=O) groups excluding carboxylic acids is 2. The van der Waals surface area contributed by atoms with Gasteiger partial charge in [-0.2, -0.15) is 13.2 Å². The van der Waals surface area contributed by atoms with Crippen LogP contribution in [0.15, 0.2) is 90.0 Å². The molecule has 6 nitrogen and oxygen atoms in total. The van der Waals surface area contributed by atoms with Crippen molar-refractivity contribution >= 4 is 32.6 Å². The highest BCUT2D eigenvalue weighted by molar-refractivity contribution is 7.90. The Hall–Kier alpha value is -3.92. The SMILES string of the molecule is C[C@H](NC(=O)C(F)(F)F)c1ccc(C(=O)c2cn(S(=O)(=O)c3ccccc3)c3ccccc23)cc1. The minimum Gasteiger partial charge on any atom is -0.342 e. The van der Waals surface area contributed by atoms with Crippen LogP contribution < -0.4 is 5.32 Å². The van der Waals surface area contributed by atoms with E-state index in [1.54, 1.807) is 42.5 Å². The van der Waals surface area contributed by atoms with Gasteiger partial charge in [0, 0.05) is 22.7 Å². The first kappa shape index (κ1) is 24.2. The molecule has 1 amide bonds. The Morgan fingerprint density at radius 1 is 0.886 bits per heavy atom. The Morgan fingerprint density at radius 2 is 1.49 bits per heavy atom. The van der Waals surface area contributed by atoms with E-state index in [0.29, 0.717) is 16.5 Å². The molecular formula is C25H19F3N2O4S. The lowest BCUT2D eigenvalue weighted by atomic mass is 10.00. The molecule has 0 unspecified atom stereocenters. The van der Waals surface area contributed by atoms with Gasteiger partial charge in [0.25, 0.3) is 10.0 Å². The van der Waals surface area contributed by atoms with E-state index in [-0.39, 0.29) is 16.0 Å². The van der Waals surface area contributed by atoms with Crippen molar-refractivity contribution in [3.63, 3.8) is 0 Å². The summed E-state index contributed by atoms with van der Waals surface area (Å²) in [5, 5.41) is 2.29. The predicted octanol–water partition coefficient (Wildman–Crippen LogP) is 4.85. The van der Waals surface area contributed by atoms with E-state index < -0.39 is 33.9 Å². The molecule has 0 bridgehead atoms. The molecular weight excluding hydrogens is 481 g/mol.